The lowest BCUT2D eigenvalue weighted by atomic mass is 10.1. The fraction of sp³-hybridized carbons (Fsp3) is 0.400. The Labute approximate surface area is 118 Å². The van der Waals surface area contributed by atoms with Crippen molar-refractivity contribution in [2.24, 2.45) is 0 Å². The molecule has 0 aliphatic heterocycles. The molecule has 0 bridgehead atoms. The van der Waals surface area contributed by atoms with Crippen LogP contribution in [0.4, 0.5) is 22.0 Å². The number of rotatable bonds is 3. The van der Waals surface area contributed by atoms with Crippen molar-refractivity contribution in [1.82, 2.24) is 4.98 Å². The van der Waals surface area contributed by atoms with Crippen LogP contribution >= 0.6 is 22.6 Å². The van der Waals surface area contributed by atoms with Crippen LogP contribution in [-0.4, -0.2) is 17.6 Å². The highest BCUT2D eigenvalue weighted by molar-refractivity contribution is 14.1. The molecule has 0 fully saturated rings. The number of aromatic nitrogens is 1. The molecule has 19 heavy (non-hydrogen) atoms. The maximum atomic E-state index is 12.8. The molecule has 0 aliphatic rings. The Bertz CT molecular complexity index is 490. The van der Waals surface area contributed by atoms with Gasteiger partial charge < -0.3 is 4.74 Å². The third-order valence-corrected chi connectivity index (χ3v) is 3.21. The monoisotopic (exact) mass is 395 g/mol. The lowest BCUT2D eigenvalue weighted by molar-refractivity contribution is -0.138. The smallest absolute Gasteiger partial charge is 0.418 e. The molecule has 0 radical (unpaired) electrons. The fourth-order valence-electron chi connectivity index (χ4n) is 1.26. The number of carbonyl (C=O) groups excluding carboxylic acids is 1. The zero-order valence-corrected chi connectivity index (χ0v) is 11.6. The van der Waals surface area contributed by atoms with E-state index < -0.39 is 39.0 Å². The molecule has 0 saturated heterocycles. The second-order valence-corrected chi connectivity index (χ2v) is 4.35. The summed E-state index contributed by atoms with van der Waals surface area (Å²) in [7, 11) is 0. The lowest BCUT2D eigenvalue weighted by Crippen LogP contribution is -2.17. The number of halogens is 6. The Balaban J connectivity index is 3.45. The third kappa shape index (κ3) is 3.51. The van der Waals surface area contributed by atoms with Gasteiger partial charge in [0, 0.05) is 9.77 Å². The minimum atomic E-state index is -4.82. The number of carbonyl (C=O) groups is 1. The fourth-order valence-corrected chi connectivity index (χ4v) is 2.20. The standard InChI is InChI=1S/C10H7F5INO2/c1-2-19-9(18)7-5(8(11)12)6(16)4(3-17-7)10(13,14)15/h3,8H,2H2,1H3. The number of pyridine rings is 1. The summed E-state index contributed by atoms with van der Waals surface area (Å²) in [4.78, 5) is 14.5. The van der Waals surface area contributed by atoms with Crippen LogP contribution in [0, 0.1) is 3.57 Å². The highest BCUT2D eigenvalue weighted by atomic mass is 127. The molecule has 1 rings (SSSR count). The zero-order chi connectivity index (χ0) is 14.8. The van der Waals surface area contributed by atoms with Crippen molar-refractivity contribution in [1.29, 1.82) is 0 Å². The number of nitrogens with zero attached hydrogens (tertiary/aromatic N) is 1. The summed E-state index contributed by atoms with van der Waals surface area (Å²) in [5, 5.41) is 0. The van der Waals surface area contributed by atoms with Crippen molar-refractivity contribution in [2.45, 2.75) is 19.5 Å². The van der Waals surface area contributed by atoms with Crippen LogP contribution in [0.5, 0.6) is 0 Å². The molecule has 106 valence electrons. The Morgan fingerprint density at radius 3 is 2.47 bits per heavy atom. The van der Waals surface area contributed by atoms with Crippen LogP contribution in [0.1, 0.15) is 35.0 Å². The van der Waals surface area contributed by atoms with Crippen LogP contribution in [0.25, 0.3) is 0 Å². The molecular formula is C10H7F5INO2. The summed E-state index contributed by atoms with van der Waals surface area (Å²) in [5.41, 5.74) is -3.17. The summed E-state index contributed by atoms with van der Waals surface area (Å²) in [5.74, 6) is -1.18. The van der Waals surface area contributed by atoms with E-state index in [1.807, 2.05) is 0 Å². The van der Waals surface area contributed by atoms with E-state index in [9.17, 15) is 26.7 Å². The molecule has 1 heterocycles. The molecule has 0 unspecified atom stereocenters. The van der Waals surface area contributed by atoms with Crippen molar-refractivity contribution < 1.29 is 31.5 Å². The molecule has 0 aliphatic carbocycles. The summed E-state index contributed by atoms with van der Waals surface area (Å²) in [6.07, 6.45) is -7.73. The van der Waals surface area contributed by atoms with Gasteiger partial charge in [-0.15, -0.1) is 0 Å². The maximum Gasteiger partial charge on any atom is 0.418 e. The number of hydrogen-bond acceptors (Lipinski definition) is 3. The molecule has 3 nitrogen and oxygen atoms in total. The number of hydrogen-bond donors (Lipinski definition) is 0. The number of alkyl halides is 5. The van der Waals surface area contributed by atoms with Gasteiger partial charge in [0.25, 0.3) is 6.43 Å². The Kier molecular flexibility index (Phi) is 5.04. The first-order valence-corrected chi connectivity index (χ1v) is 5.98. The van der Waals surface area contributed by atoms with E-state index in [1.54, 1.807) is 0 Å². The van der Waals surface area contributed by atoms with E-state index >= 15 is 0 Å². The summed E-state index contributed by atoms with van der Waals surface area (Å²) < 4.78 is 67.1. The van der Waals surface area contributed by atoms with E-state index in [2.05, 4.69) is 9.72 Å². The van der Waals surface area contributed by atoms with Crippen molar-refractivity contribution in [3.8, 4) is 0 Å². The van der Waals surface area contributed by atoms with Crippen molar-refractivity contribution in [3.63, 3.8) is 0 Å². The predicted molar refractivity (Wildman–Crippen MR) is 62.9 cm³/mol. The maximum absolute atomic E-state index is 12.8. The van der Waals surface area contributed by atoms with Crippen LogP contribution in [-0.2, 0) is 10.9 Å². The van der Waals surface area contributed by atoms with Crippen LogP contribution in [0.15, 0.2) is 6.20 Å². The first-order valence-electron chi connectivity index (χ1n) is 4.91. The Hall–Kier alpha value is -1.00. The van der Waals surface area contributed by atoms with E-state index in [0.717, 1.165) is 22.6 Å². The largest absolute Gasteiger partial charge is 0.461 e. The van der Waals surface area contributed by atoms with Crippen LogP contribution in [0.2, 0.25) is 0 Å². The van der Waals surface area contributed by atoms with E-state index in [4.69, 9.17) is 0 Å². The van der Waals surface area contributed by atoms with Gasteiger partial charge in [0.1, 0.15) is 0 Å². The van der Waals surface area contributed by atoms with Gasteiger partial charge in [-0.25, -0.2) is 18.6 Å². The van der Waals surface area contributed by atoms with Gasteiger partial charge in [-0.2, -0.15) is 13.2 Å². The minimum absolute atomic E-state index is 0.0964. The van der Waals surface area contributed by atoms with Crippen molar-refractivity contribution in [3.05, 3.63) is 26.6 Å². The molecule has 0 atom stereocenters. The van der Waals surface area contributed by atoms with Gasteiger partial charge in [-0.3, -0.25) is 0 Å². The molecule has 1 aromatic heterocycles. The molecule has 0 spiro atoms. The van der Waals surface area contributed by atoms with E-state index in [0.29, 0.717) is 6.20 Å². The summed E-state index contributed by atoms with van der Waals surface area (Å²) in [6.45, 7) is 1.34. The molecule has 0 aromatic carbocycles. The van der Waals surface area contributed by atoms with E-state index in [-0.39, 0.29) is 6.61 Å². The Morgan fingerprint density at radius 2 is 2.05 bits per heavy atom. The minimum Gasteiger partial charge on any atom is -0.461 e. The van der Waals surface area contributed by atoms with Gasteiger partial charge in [-0.1, -0.05) is 0 Å². The highest BCUT2D eigenvalue weighted by Crippen LogP contribution is 2.37. The SMILES string of the molecule is CCOC(=O)c1ncc(C(F)(F)F)c(I)c1C(F)F. The third-order valence-electron chi connectivity index (χ3n) is 2.04. The average molecular weight is 395 g/mol. The summed E-state index contributed by atoms with van der Waals surface area (Å²) in [6, 6.07) is 0. The van der Waals surface area contributed by atoms with Gasteiger partial charge >= 0.3 is 12.1 Å². The topological polar surface area (TPSA) is 39.2 Å². The molecule has 0 amide bonds. The van der Waals surface area contributed by atoms with E-state index in [1.165, 1.54) is 6.92 Å². The van der Waals surface area contributed by atoms with Crippen LogP contribution in [0.3, 0.4) is 0 Å². The van der Waals surface area contributed by atoms with Gasteiger partial charge in [0.2, 0.25) is 0 Å². The highest BCUT2D eigenvalue weighted by Gasteiger charge is 2.37. The second-order valence-electron chi connectivity index (χ2n) is 3.27. The lowest BCUT2D eigenvalue weighted by Gasteiger charge is -2.14. The van der Waals surface area contributed by atoms with Crippen molar-refractivity contribution in [2.75, 3.05) is 6.61 Å². The summed E-state index contributed by atoms with van der Waals surface area (Å²) >= 11 is 1.12. The quantitative estimate of drug-likeness (QED) is 0.444. The predicted octanol–water partition coefficient (Wildman–Crippen LogP) is 3.82. The second kappa shape index (κ2) is 5.97. The molecule has 0 saturated carbocycles. The van der Waals surface area contributed by atoms with Gasteiger partial charge in [0.15, 0.2) is 5.69 Å². The first kappa shape index (κ1) is 16.1. The number of esters is 1. The molecular weight excluding hydrogens is 388 g/mol. The molecule has 9 heteroatoms. The van der Waals surface area contributed by atoms with Gasteiger partial charge in [-0.05, 0) is 29.5 Å². The molecule has 1 aromatic rings. The first-order chi connectivity index (χ1) is 8.70. The number of ether oxygens (including phenoxy) is 1. The van der Waals surface area contributed by atoms with Crippen molar-refractivity contribution >= 4 is 28.6 Å². The Morgan fingerprint density at radius 1 is 1.47 bits per heavy atom. The van der Waals surface area contributed by atoms with Gasteiger partial charge in [0.05, 0.1) is 17.7 Å². The van der Waals surface area contributed by atoms with Crippen LogP contribution < -0.4 is 0 Å². The zero-order valence-electron chi connectivity index (χ0n) is 9.39. The molecule has 0 N–H and O–H groups in total. The normalized spacial score (nSPS) is 11.8. The average Bonchev–Trinajstić information content (AvgIpc) is 2.26.